The fourth-order valence-corrected chi connectivity index (χ4v) is 13.5. The molecule has 4 fully saturated rings. The van der Waals surface area contributed by atoms with Crippen LogP contribution in [-0.2, 0) is 27.2 Å². The second-order valence-electron chi connectivity index (χ2n) is 24.2. The van der Waals surface area contributed by atoms with Crippen molar-refractivity contribution in [1.82, 2.24) is 45.0 Å². The maximum absolute atomic E-state index is 14.6. The summed E-state index contributed by atoms with van der Waals surface area (Å²) in [6, 6.07) is 15.7. The number of H-pyrrole nitrogens is 1. The van der Waals surface area contributed by atoms with E-state index in [0.29, 0.717) is 64.6 Å². The summed E-state index contributed by atoms with van der Waals surface area (Å²) in [5.41, 5.74) is 1.93. The van der Waals surface area contributed by atoms with Crippen molar-refractivity contribution >= 4 is 46.6 Å². The molecule has 3 aromatic heterocycles. The van der Waals surface area contributed by atoms with E-state index in [9.17, 15) is 32.8 Å². The van der Waals surface area contributed by atoms with Crippen LogP contribution in [0, 0.1) is 23.2 Å². The van der Waals surface area contributed by atoms with Gasteiger partial charge in [0.2, 0.25) is 17.6 Å². The first-order chi connectivity index (χ1) is 38.2. The van der Waals surface area contributed by atoms with E-state index in [1.807, 2.05) is 46.1 Å². The Balaban J connectivity index is 0.690. The number of amides is 4. The zero-order valence-corrected chi connectivity index (χ0v) is 47.8. The first-order valence-corrected chi connectivity index (χ1v) is 29.5. The number of hydrogen-bond donors (Lipinski definition) is 3. The molecule has 2 saturated heterocycles. The van der Waals surface area contributed by atoms with Gasteiger partial charge in [-0.15, -0.1) is 11.3 Å². The number of ether oxygens (including phenoxy) is 2. The number of carbonyl (C=O) groups excluding carboxylic acids is 5. The summed E-state index contributed by atoms with van der Waals surface area (Å²) >= 11 is 1.37. The van der Waals surface area contributed by atoms with E-state index >= 15 is 0 Å². The number of aromatic amines is 1. The number of anilines is 1. The third kappa shape index (κ3) is 11.8. The van der Waals surface area contributed by atoms with Crippen molar-refractivity contribution in [2.45, 2.75) is 160 Å². The number of fused-ring (bicyclic) bond motifs is 2. The zero-order valence-electron chi connectivity index (χ0n) is 47.0. The molecule has 7 atom stereocenters. The summed E-state index contributed by atoms with van der Waals surface area (Å²) in [6.07, 6.45) is 12.0. The maximum Gasteiger partial charge on any atom is 0.410 e. The summed E-state index contributed by atoms with van der Waals surface area (Å²) in [6.45, 7) is 13.6. The van der Waals surface area contributed by atoms with Crippen molar-refractivity contribution in [2.24, 2.45) is 23.2 Å². The first-order valence-electron chi connectivity index (χ1n) is 28.6. The van der Waals surface area contributed by atoms with Gasteiger partial charge in [-0.2, -0.15) is 10.2 Å². The second kappa shape index (κ2) is 23.1. The van der Waals surface area contributed by atoms with Gasteiger partial charge >= 0.3 is 6.09 Å². The van der Waals surface area contributed by atoms with Crippen LogP contribution in [0.2, 0.25) is 0 Å². The van der Waals surface area contributed by atoms with Crippen molar-refractivity contribution in [3.05, 3.63) is 111 Å². The Kier molecular flexibility index (Phi) is 16.4. The number of likely N-dealkylation sites (N-methyl/N-ethyl adjacent to an activating group) is 1. The SMILES string of the molecule is CC(CCCCOc1cccc(C(=O)c2csc([C@@H]3CCCN3C(=O)[C@@H](NC(=O)[C@H](C)N(C)C(=O)OC(C)(C)C)C3CCCCC3)n2)c1)N1CC([C@@H](c2ccccc2)n2cc(NC(=O)c3n[nH]c4c3C[C@@H]3C(F)(F)[C@]3(C)C4)cn2)C1. The molecule has 5 heterocycles. The number of halogens is 2. The highest BCUT2D eigenvalue weighted by molar-refractivity contribution is 7.10. The van der Waals surface area contributed by atoms with E-state index in [0.717, 1.165) is 76.4 Å². The molecule has 3 N–H and O–H groups in total. The Labute approximate surface area is 470 Å². The van der Waals surface area contributed by atoms with E-state index in [1.165, 1.54) is 23.3 Å². The minimum absolute atomic E-state index is 0.0374. The van der Waals surface area contributed by atoms with Crippen molar-refractivity contribution in [1.29, 1.82) is 0 Å². The minimum Gasteiger partial charge on any atom is -0.494 e. The van der Waals surface area contributed by atoms with Crippen LogP contribution in [0.5, 0.6) is 5.75 Å². The van der Waals surface area contributed by atoms with E-state index in [1.54, 1.807) is 58.3 Å². The normalized spacial score (nSPS) is 22.4. The number of likely N-dealkylation sites (tertiary alicyclic amines) is 2. The Hall–Kier alpha value is -6.54. The molecule has 80 heavy (non-hydrogen) atoms. The summed E-state index contributed by atoms with van der Waals surface area (Å²) in [5, 5.41) is 20.2. The number of nitrogens with zero attached hydrogens (tertiary/aromatic N) is 7. The van der Waals surface area contributed by atoms with Crippen LogP contribution in [0.1, 0.15) is 166 Å². The Morgan fingerprint density at radius 1 is 0.963 bits per heavy atom. The third-order valence-electron chi connectivity index (χ3n) is 17.6. The van der Waals surface area contributed by atoms with Gasteiger partial charge in [0.05, 0.1) is 30.6 Å². The van der Waals surface area contributed by atoms with Crippen LogP contribution in [-0.4, -0.2) is 132 Å². The largest absolute Gasteiger partial charge is 0.494 e. The summed E-state index contributed by atoms with van der Waals surface area (Å²) < 4.78 is 42.7. The summed E-state index contributed by atoms with van der Waals surface area (Å²) in [7, 11) is 1.53. The van der Waals surface area contributed by atoms with Crippen molar-refractivity contribution in [3.8, 4) is 5.75 Å². The number of rotatable bonds is 20. The minimum atomic E-state index is -2.75. The molecule has 5 aromatic rings. The number of alkyl halides is 2. The number of unbranched alkanes of at least 4 members (excludes halogenated alkanes) is 1. The zero-order chi connectivity index (χ0) is 56.7. The number of thiazole rings is 1. The van der Waals surface area contributed by atoms with Gasteiger partial charge in [-0.25, -0.2) is 18.6 Å². The number of benzene rings is 2. The van der Waals surface area contributed by atoms with Crippen molar-refractivity contribution in [2.75, 3.05) is 38.6 Å². The van der Waals surface area contributed by atoms with Crippen LogP contribution < -0.4 is 15.4 Å². The van der Waals surface area contributed by atoms with Crippen LogP contribution in [0.15, 0.2) is 72.4 Å². The van der Waals surface area contributed by atoms with Crippen LogP contribution >= 0.6 is 11.3 Å². The standard InChI is InChI=1S/C60H76F2N10O7S/c1-36(70-32-41(33-70)51(39-21-12-9-13-22-39)72-34-42(31-63-72)64-54(75)50-44-29-48-59(6,60(48,61)62)30-45(44)67-68-50)18-14-15-27-78-43-24-16-23-40(28-43)52(73)46-35-80-55(65-46)47-25-17-26-71(47)56(76)49(38-19-10-8-11-20-38)66-53(74)37(2)69(7)57(77)79-58(3,4)5/h9,12-13,16,21-24,28,31,34-38,41,47-49,51H,8,10-11,14-15,17-20,25-27,29-30,32-33H2,1-7H3,(H,64,75)(H,66,74)(H,67,68)/t36?,37-,47-,48-,49-,51+,59+/m0/s1. The highest BCUT2D eigenvalue weighted by Gasteiger charge is 2.78. The lowest BCUT2D eigenvalue weighted by Gasteiger charge is -2.46. The molecule has 17 nitrogen and oxygen atoms in total. The fourth-order valence-electron chi connectivity index (χ4n) is 12.5. The lowest BCUT2D eigenvalue weighted by Crippen LogP contribution is -2.56. The molecule has 3 aliphatic carbocycles. The van der Waals surface area contributed by atoms with Crippen LogP contribution in [0.3, 0.4) is 0 Å². The van der Waals surface area contributed by atoms with E-state index in [4.69, 9.17) is 19.6 Å². The lowest BCUT2D eigenvalue weighted by atomic mass is 9.83. The van der Waals surface area contributed by atoms with Gasteiger partial charge < -0.3 is 25.0 Å². The molecule has 428 valence electrons. The molecule has 0 radical (unpaired) electrons. The predicted molar refractivity (Wildman–Crippen MR) is 299 cm³/mol. The number of aromatic nitrogens is 5. The van der Waals surface area contributed by atoms with Gasteiger partial charge in [-0.05, 0) is 110 Å². The monoisotopic (exact) mass is 1120 g/mol. The Morgan fingerprint density at radius 2 is 1.73 bits per heavy atom. The van der Waals surface area contributed by atoms with Gasteiger partial charge in [0.15, 0.2) is 5.69 Å². The highest BCUT2D eigenvalue weighted by Crippen LogP contribution is 2.70. The number of carbonyl (C=O) groups is 5. The molecule has 20 heteroatoms. The molecule has 0 spiro atoms. The Morgan fingerprint density at radius 3 is 2.48 bits per heavy atom. The molecule has 2 saturated carbocycles. The molecule has 2 aliphatic heterocycles. The third-order valence-corrected chi connectivity index (χ3v) is 18.5. The number of nitrogens with one attached hydrogen (secondary N) is 3. The molecule has 2 aromatic carbocycles. The van der Waals surface area contributed by atoms with Gasteiger partial charge in [0, 0.05) is 84.8 Å². The van der Waals surface area contributed by atoms with Crippen LogP contribution in [0.4, 0.5) is 19.3 Å². The molecule has 4 amide bonds. The van der Waals surface area contributed by atoms with Gasteiger partial charge in [0.25, 0.3) is 11.8 Å². The van der Waals surface area contributed by atoms with E-state index in [-0.39, 0.29) is 54.1 Å². The molecular formula is C60H76F2N10O7S. The molecule has 0 bridgehead atoms. The molecule has 5 aliphatic rings. The summed E-state index contributed by atoms with van der Waals surface area (Å²) in [4.78, 5) is 78.9. The van der Waals surface area contributed by atoms with Crippen LogP contribution in [0.25, 0.3) is 0 Å². The highest BCUT2D eigenvalue weighted by atomic mass is 32.1. The van der Waals surface area contributed by atoms with Gasteiger partial charge in [-0.1, -0.05) is 68.7 Å². The fraction of sp³-hybridized carbons (Fsp3) is 0.567. The van der Waals surface area contributed by atoms with E-state index in [2.05, 4.69) is 44.8 Å². The maximum atomic E-state index is 14.6. The Bertz CT molecular complexity index is 3050. The van der Waals surface area contributed by atoms with Crippen molar-refractivity contribution in [3.63, 3.8) is 0 Å². The topological polar surface area (TPSA) is 197 Å². The molecule has 10 rings (SSSR count). The number of ketones is 1. The van der Waals surface area contributed by atoms with E-state index < -0.39 is 52.8 Å². The van der Waals surface area contributed by atoms with Crippen molar-refractivity contribution < 1.29 is 42.2 Å². The second-order valence-corrected chi connectivity index (χ2v) is 25.1. The average Bonchev–Trinajstić information content (AvgIpc) is 3.38. The first kappa shape index (κ1) is 56.7. The van der Waals surface area contributed by atoms with Gasteiger partial charge in [-0.3, -0.25) is 38.8 Å². The van der Waals surface area contributed by atoms with Gasteiger partial charge in [0.1, 0.15) is 34.1 Å². The average molecular weight is 1120 g/mol. The quantitative estimate of drug-likeness (QED) is 0.0495. The molecule has 1 unspecified atom stereocenters. The predicted octanol–water partition coefficient (Wildman–Crippen LogP) is 10.1. The lowest BCUT2D eigenvalue weighted by molar-refractivity contribution is -0.140. The summed E-state index contributed by atoms with van der Waals surface area (Å²) in [5.74, 6) is -3.94. The smallest absolute Gasteiger partial charge is 0.410 e. The molecular weight excluding hydrogens is 1040 g/mol. The number of hydrogen-bond acceptors (Lipinski definition) is 12.